The molecule has 5 nitrogen and oxygen atoms in total. The molecule has 0 aliphatic carbocycles. The number of nitrogens with one attached hydrogen (secondary N) is 1. The van der Waals surface area contributed by atoms with Crippen LogP contribution in [0.5, 0.6) is 0 Å². The molecule has 6 heteroatoms. The van der Waals surface area contributed by atoms with E-state index in [1.54, 1.807) is 6.26 Å². The van der Waals surface area contributed by atoms with E-state index in [0.29, 0.717) is 12.5 Å². The van der Waals surface area contributed by atoms with Gasteiger partial charge in [0, 0.05) is 38.5 Å². The molecule has 0 bridgehead atoms. The van der Waals surface area contributed by atoms with Gasteiger partial charge >= 0.3 is 0 Å². The molecule has 0 spiro atoms. The zero-order valence-corrected chi connectivity index (χ0v) is 19.7. The number of aliphatic imine (C=N–C) groups is 1. The highest BCUT2D eigenvalue weighted by Crippen LogP contribution is 2.17. The van der Waals surface area contributed by atoms with Crippen molar-refractivity contribution >= 4 is 29.9 Å². The molecule has 0 amide bonds. The molecule has 1 aromatic carbocycles. The van der Waals surface area contributed by atoms with E-state index in [9.17, 15) is 0 Å². The van der Waals surface area contributed by atoms with Crippen LogP contribution in [0.15, 0.2) is 58.1 Å². The molecule has 29 heavy (non-hydrogen) atoms. The largest absolute Gasteiger partial charge is 0.469 e. The van der Waals surface area contributed by atoms with Crippen LogP contribution >= 0.6 is 24.0 Å². The summed E-state index contributed by atoms with van der Waals surface area (Å²) in [6.45, 7) is 7.46. The minimum Gasteiger partial charge on any atom is -0.469 e. The van der Waals surface area contributed by atoms with Gasteiger partial charge in [0.25, 0.3) is 0 Å². The topological polar surface area (TPSA) is 50.0 Å². The normalized spacial score (nSPS) is 16.7. The van der Waals surface area contributed by atoms with Crippen LogP contribution in [0.1, 0.15) is 37.5 Å². The Morgan fingerprint density at radius 3 is 2.86 bits per heavy atom. The number of benzene rings is 1. The van der Waals surface area contributed by atoms with Gasteiger partial charge in [-0.25, -0.2) is 0 Å². The molecule has 2 heterocycles. The van der Waals surface area contributed by atoms with Gasteiger partial charge in [-0.15, -0.1) is 24.0 Å². The van der Waals surface area contributed by atoms with Crippen LogP contribution in [0, 0.1) is 5.92 Å². The summed E-state index contributed by atoms with van der Waals surface area (Å²) < 4.78 is 11.4. The van der Waals surface area contributed by atoms with Gasteiger partial charge in [0.15, 0.2) is 5.96 Å². The second-order valence-electron chi connectivity index (χ2n) is 7.42. The van der Waals surface area contributed by atoms with Gasteiger partial charge in [-0.05, 0) is 30.5 Å². The lowest BCUT2D eigenvalue weighted by atomic mass is 10.1. The van der Waals surface area contributed by atoms with E-state index in [-0.39, 0.29) is 24.0 Å². The van der Waals surface area contributed by atoms with E-state index >= 15 is 0 Å². The highest BCUT2D eigenvalue weighted by molar-refractivity contribution is 14.0. The third kappa shape index (κ3) is 8.38. The van der Waals surface area contributed by atoms with E-state index in [2.05, 4.69) is 41.4 Å². The fourth-order valence-electron chi connectivity index (χ4n) is 3.44. The first kappa shape index (κ1) is 23.7. The zero-order valence-electron chi connectivity index (χ0n) is 17.4. The van der Waals surface area contributed by atoms with Crippen molar-refractivity contribution in [3.63, 3.8) is 0 Å². The minimum absolute atomic E-state index is 0. The summed E-state index contributed by atoms with van der Waals surface area (Å²) in [4.78, 5) is 7.22. The summed E-state index contributed by atoms with van der Waals surface area (Å²) in [7, 11) is 0. The SMILES string of the molecule is CCCCN=C(NCCc1ccco1)N1CCC(COCc2ccccc2)C1.I. The molecule has 1 saturated heterocycles. The number of furan rings is 1. The monoisotopic (exact) mass is 511 g/mol. The summed E-state index contributed by atoms with van der Waals surface area (Å²) in [6.07, 6.45) is 6.05. The molecule has 1 atom stereocenters. The molecule has 1 fully saturated rings. The summed E-state index contributed by atoms with van der Waals surface area (Å²) in [5.41, 5.74) is 1.23. The van der Waals surface area contributed by atoms with Crippen LogP contribution in [-0.4, -0.2) is 43.6 Å². The average molecular weight is 511 g/mol. The van der Waals surface area contributed by atoms with Crippen LogP contribution in [0.25, 0.3) is 0 Å². The predicted octanol–water partition coefficient (Wildman–Crippen LogP) is 4.72. The Labute approximate surface area is 191 Å². The third-order valence-corrected chi connectivity index (χ3v) is 5.06. The molecule has 0 saturated carbocycles. The first-order valence-corrected chi connectivity index (χ1v) is 10.5. The molecule has 1 aromatic heterocycles. The fraction of sp³-hybridized carbons (Fsp3) is 0.522. The molecule has 0 radical (unpaired) electrons. The number of guanidine groups is 1. The maximum atomic E-state index is 5.96. The number of likely N-dealkylation sites (tertiary alicyclic amines) is 1. The lowest BCUT2D eigenvalue weighted by Crippen LogP contribution is -2.41. The van der Waals surface area contributed by atoms with Gasteiger partial charge < -0.3 is 19.4 Å². The second-order valence-corrected chi connectivity index (χ2v) is 7.42. The molecule has 1 N–H and O–H groups in total. The second kappa shape index (κ2) is 13.6. The lowest BCUT2D eigenvalue weighted by molar-refractivity contribution is 0.0906. The van der Waals surface area contributed by atoms with Gasteiger partial charge in [-0.1, -0.05) is 43.7 Å². The maximum Gasteiger partial charge on any atom is 0.193 e. The standard InChI is InChI=1S/C23H33N3O2.HI/c1-2-3-13-24-23(25-14-11-22-10-7-16-28-22)26-15-12-21(17-26)19-27-18-20-8-5-4-6-9-20;/h4-10,16,21H,2-3,11-15,17-19H2,1H3,(H,24,25);1H. The first-order valence-electron chi connectivity index (χ1n) is 10.5. The van der Waals surface area contributed by atoms with E-state index in [1.165, 1.54) is 12.0 Å². The summed E-state index contributed by atoms with van der Waals surface area (Å²) in [5, 5.41) is 3.54. The maximum absolute atomic E-state index is 5.96. The van der Waals surface area contributed by atoms with E-state index in [4.69, 9.17) is 14.1 Å². The molecule has 3 rings (SSSR count). The number of rotatable bonds is 10. The molecular formula is C23H34IN3O2. The van der Waals surface area contributed by atoms with Crippen molar-refractivity contribution in [3.8, 4) is 0 Å². The Bertz CT molecular complexity index is 691. The van der Waals surface area contributed by atoms with Crippen molar-refractivity contribution in [1.29, 1.82) is 0 Å². The Balaban J connectivity index is 0.00000300. The number of nitrogens with zero attached hydrogens (tertiary/aromatic N) is 2. The fourth-order valence-corrected chi connectivity index (χ4v) is 3.44. The Kier molecular flexibility index (Phi) is 11.2. The summed E-state index contributed by atoms with van der Waals surface area (Å²) >= 11 is 0. The van der Waals surface area contributed by atoms with Gasteiger partial charge in [-0.3, -0.25) is 4.99 Å². The first-order chi connectivity index (χ1) is 13.8. The van der Waals surface area contributed by atoms with Gasteiger partial charge in [0.1, 0.15) is 5.76 Å². The van der Waals surface area contributed by atoms with Crippen molar-refractivity contribution in [2.45, 2.75) is 39.2 Å². The van der Waals surface area contributed by atoms with Crippen LogP contribution in [0.4, 0.5) is 0 Å². The molecule has 2 aromatic rings. The number of hydrogen-bond donors (Lipinski definition) is 1. The number of unbranched alkanes of at least 4 members (excludes halogenated alkanes) is 1. The van der Waals surface area contributed by atoms with Crippen LogP contribution in [-0.2, 0) is 17.8 Å². The van der Waals surface area contributed by atoms with E-state index < -0.39 is 0 Å². The number of ether oxygens (including phenoxy) is 1. The van der Waals surface area contributed by atoms with Crippen LogP contribution < -0.4 is 5.32 Å². The van der Waals surface area contributed by atoms with E-state index in [0.717, 1.165) is 63.8 Å². The highest BCUT2D eigenvalue weighted by Gasteiger charge is 2.25. The quantitative estimate of drug-likeness (QED) is 0.217. The lowest BCUT2D eigenvalue weighted by Gasteiger charge is -2.22. The van der Waals surface area contributed by atoms with Crippen LogP contribution in [0.3, 0.4) is 0 Å². The highest BCUT2D eigenvalue weighted by atomic mass is 127. The van der Waals surface area contributed by atoms with Crippen molar-refractivity contribution in [3.05, 3.63) is 60.1 Å². The molecule has 1 aliphatic heterocycles. The van der Waals surface area contributed by atoms with Crippen LogP contribution in [0.2, 0.25) is 0 Å². The smallest absolute Gasteiger partial charge is 0.193 e. The minimum atomic E-state index is 0. The van der Waals surface area contributed by atoms with Crippen molar-refractivity contribution < 1.29 is 9.15 Å². The summed E-state index contributed by atoms with van der Waals surface area (Å²) in [6, 6.07) is 14.3. The van der Waals surface area contributed by atoms with Gasteiger partial charge in [-0.2, -0.15) is 0 Å². The number of hydrogen-bond acceptors (Lipinski definition) is 3. The third-order valence-electron chi connectivity index (χ3n) is 5.06. The molecule has 1 aliphatic rings. The van der Waals surface area contributed by atoms with Gasteiger partial charge in [0.2, 0.25) is 0 Å². The Morgan fingerprint density at radius 1 is 1.24 bits per heavy atom. The predicted molar refractivity (Wildman–Crippen MR) is 129 cm³/mol. The van der Waals surface area contributed by atoms with Crippen molar-refractivity contribution in [2.75, 3.05) is 32.8 Å². The molecule has 1 unspecified atom stereocenters. The van der Waals surface area contributed by atoms with E-state index in [1.807, 2.05) is 18.2 Å². The average Bonchev–Trinajstić information content (AvgIpc) is 3.40. The zero-order chi connectivity index (χ0) is 19.4. The van der Waals surface area contributed by atoms with Crippen molar-refractivity contribution in [1.82, 2.24) is 10.2 Å². The molecular weight excluding hydrogens is 477 g/mol. The van der Waals surface area contributed by atoms with Crippen molar-refractivity contribution in [2.24, 2.45) is 10.9 Å². The number of halogens is 1. The molecule has 160 valence electrons. The summed E-state index contributed by atoms with van der Waals surface area (Å²) in [5.74, 6) is 2.60. The van der Waals surface area contributed by atoms with Gasteiger partial charge in [0.05, 0.1) is 19.5 Å². The Hall–Kier alpha value is -1.54. The Morgan fingerprint density at radius 2 is 2.10 bits per heavy atom.